The van der Waals surface area contributed by atoms with Crippen LogP contribution < -0.4 is 10.6 Å². The number of nitrogens with one attached hydrogen (secondary N) is 2. The van der Waals surface area contributed by atoms with Crippen LogP contribution in [0.3, 0.4) is 0 Å². The molecule has 2 rings (SSSR count). The maximum absolute atomic E-state index is 9.42. The van der Waals surface area contributed by atoms with E-state index in [-0.39, 0.29) is 24.3 Å². The molecule has 4 N–H and O–H groups in total. The van der Waals surface area contributed by atoms with Gasteiger partial charge < -0.3 is 20.8 Å². The molecule has 0 saturated carbocycles. The number of benzene rings is 1. The summed E-state index contributed by atoms with van der Waals surface area (Å²) in [6.45, 7) is 4.08. The second-order valence-electron chi connectivity index (χ2n) is 5.24. The summed E-state index contributed by atoms with van der Waals surface area (Å²) in [4.78, 5) is 8.61. The largest absolute Gasteiger partial charge is 0.508 e. The monoisotopic (exact) mass is 366 g/mol. The zero-order valence-corrected chi connectivity index (χ0v) is 14.0. The van der Waals surface area contributed by atoms with Crippen molar-refractivity contribution in [2.75, 3.05) is 17.2 Å². The number of hydrogen-bond donors (Lipinski definition) is 4. The quantitative estimate of drug-likeness (QED) is 0.587. The van der Waals surface area contributed by atoms with E-state index in [9.17, 15) is 10.2 Å². The SMILES string of the molecule is CC(C)[C@H](CO)Nc1nc(Nc2ccc(O)cc2)ncc1Br. The number of nitrogens with zero attached hydrogens (tertiary/aromatic N) is 2. The summed E-state index contributed by atoms with van der Waals surface area (Å²) in [7, 11) is 0. The Labute approximate surface area is 137 Å². The Morgan fingerprint density at radius 1 is 1.23 bits per heavy atom. The van der Waals surface area contributed by atoms with Gasteiger partial charge >= 0.3 is 0 Å². The van der Waals surface area contributed by atoms with Crippen molar-refractivity contribution in [2.45, 2.75) is 19.9 Å². The van der Waals surface area contributed by atoms with E-state index in [1.54, 1.807) is 30.5 Å². The Kier molecular flexibility index (Phi) is 5.57. The van der Waals surface area contributed by atoms with E-state index in [1.165, 1.54) is 0 Å². The Hall–Kier alpha value is -1.86. The van der Waals surface area contributed by atoms with Gasteiger partial charge in [0.1, 0.15) is 11.6 Å². The second-order valence-corrected chi connectivity index (χ2v) is 6.09. The molecule has 7 heteroatoms. The van der Waals surface area contributed by atoms with Crippen LogP contribution in [0.2, 0.25) is 0 Å². The molecule has 1 aromatic heterocycles. The van der Waals surface area contributed by atoms with E-state index in [0.717, 1.165) is 10.2 Å². The number of hydrogen-bond acceptors (Lipinski definition) is 6. The zero-order chi connectivity index (χ0) is 16.1. The number of phenolic OH excluding ortho intramolecular Hbond substituents is 1. The molecule has 6 nitrogen and oxygen atoms in total. The summed E-state index contributed by atoms with van der Waals surface area (Å²) in [5.41, 5.74) is 0.772. The number of aromatic hydroxyl groups is 1. The highest BCUT2D eigenvalue weighted by Gasteiger charge is 2.15. The van der Waals surface area contributed by atoms with Crippen molar-refractivity contribution in [1.29, 1.82) is 0 Å². The number of halogens is 1. The summed E-state index contributed by atoms with van der Waals surface area (Å²) in [6, 6.07) is 6.55. The van der Waals surface area contributed by atoms with Crippen molar-refractivity contribution in [3.63, 3.8) is 0 Å². The van der Waals surface area contributed by atoms with Crippen molar-refractivity contribution in [3.05, 3.63) is 34.9 Å². The Morgan fingerprint density at radius 2 is 1.91 bits per heavy atom. The summed E-state index contributed by atoms with van der Waals surface area (Å²) in [5.74, 6) is 1.51. The van der Waals surface area contributed by atoms with Crippen LogP contribution in [-0.4, -0.2) is 32.8 Å². The van der Waals surface area contributed by atoms with Gasteiger partial charge in [0.15, 0.2) is 0 Å². The molecule has 118 valence electrons. The third-order valence-electron chi connectivity index (χ3n) is 3.19. The molecule has 0 fully saturated rings. The van der Waals surface area contributed by atoms with Crippen LogP contribution in [0.1, 0.15) is 13.8 Å². The lowest BCUT2D eigenvalue weighted by molar-refractivity contribution is 0.249. The third kappa shape index (κ3) is 4.32. The molecule has 2 aromatic rings. The van der Waals surface area contributed by atoms with Crippen LogP contribution in [0.25, 0.3) is 0 Å². The van der Waals surface area contributed by atoms with Crippen molar-refractivity contribution in [3.8, 4) is 5.75 Å². The molecule has 0 spiro atoms. The average Bonchev–Trinajstić information content (AvgIpc) is 2.49. The first-order valence-electron chi connectivity index (χ1n) is 6.95. The first kappa shape index (κ1) is 16.5. The van der Waals surface area contributed by atoms with Gasteiger partial charge in [-0.15, -0.1) is 0 Å². The number of anilines is 3. The van der Waals surface area contributed by atoms with Crippen molar-refractivity contribution < 1.29 is 10.2 Å². The first-order chi connectivity index (χ1) is 10.5. The van der Waals surface area contributed by atoms with Gasteiger partial charge in [-0.25, -0.2) is 4.98 Å². The summed E-state index contributed by atoms with van der Waals surface area (Å²) in [6.07, 6.45) is 1.65. The van der Waals surface area contributed by atoms with E-state index in [2.05, 4.69) is 36.5 Å². The molecule has 1 heterocycles. The van der Waals surface area contributed by atoms with Crippen LogP contribution in [-0.2, 0) is 0 Å². The van der Waals surface area contributed by atoms with Gasteiger partial charge in [-0.1, -0.05) is 13.8 Å². The minimum Gasteiger partial charge on any atom is -0.508 e. The lowest BCUT2D eigenvalue weighted by Crippen LogP contribution is -2.30. The highest BCUT2D eigenvalue weighted by atomic mass is 79.9. The molecule has 0 amide bonds. The van der Waals surface area contributed by atoms with E-state index in [4.69, 9.17) is 0 Å². The van der Waals surface area contributed by atoms with Gasteiger partial charge in [0.2, 0.25) is 5.95 Å². The lowest BCUT2D eigenvalue weighted by Gasteiger charge is -2.21. The van der Waals surface area contributed by atoms with Crippen LogP contribution >= 0.6 is 15.9 Å². The lowest BCUT2D eigenvalue weighted by atomic mass is 10.1. The molecule has 0 aliphatic carbocycles. The average molecular weight is 367 g/mol. The maximum Gasteiger partial charge on any atom is 0.229 e. The highest BCUT2D eigenvalue weighted by molar-refractivity contribution is 9.10. The predicted molar refractivity (Wildman–Crippen MR) is 90.5 cm³/mol. The third-order valence-corrected chi connectivity index (χ3v) is 3.77. The number of aliphatic hydroxyl groups is 1. The van der Waals surface area contributed by atoms with Crippen LogP contribution in [0.4, 0.5) is 17.5 Å². The molecule has 0 aliphatic rings. The summed E-state index contributed by atoms with van der Waals surface area (Å²) < 4.78 is 0.725. The van der Waals surface area contributed by atoms with Crippen LogP contribution in [0, 0.1) is 5.92 Å². The van der Waals surface area contributed by atoms with Gasteiger partial charge in [0, 0.05) is 11.9 Å². The second kappa shape index (κ2) is 7.42. The maximum atomic E-state index is 9.42. The summed E-state index contributed by atoms with van der Waals surface area (Å²) in [5, 5.41) is 25.0. The predicted octanol–water partition coefficient (Wildman–Crippen LogP) is 3.12. The Morgan fingerprint density at radius 3 is 2.50 bits per heavy atom. The summed E-state index contributed by atoms with van der Waals surface area (Å²) >= 11 is 3.40. The fraction of sp³-hybridized carbons (Fsp3) is 0.333. The van der Waals surface area contributed by atoms with E-state index < -0.39 is 0 Å². The molecular weight excluding hydrogens is 348 g/mol. The van der Waals surface area contributed by atoms with Gasteiger partial charge in [-0.3, -0.25) is 0 Å². The Bertz CT molecular complexity index is 619. The van der Waals surface area contributed by atoms with Crippen LogP contribution in [0.5, 0.6) is 5.75 Å². The van der Waals surface area contributed by atoms with Gasteiger partial charge in [0.25, 0.3) is 0 Å². The number of phenols is 1. The molecule has 0 bridgehead atoms. The van der Waals surface area contributed by atoms with Crippen molar-refractivity contribution in [1.82, 2.24) is 9.97 Å². The van der Waals surface area contributed by atoms with E-state index in [1.807, 2.05) is 13.8 Å². The topological polar surface area (TPSA) is 90.3 Å². The van der Waals surface area contributed by atoms with Gasteiger partial charge in [-0.2, -0.15) is 4.98 Å². The number of rotatable bonds is 6. The molecule has 1 aromatic carbocycles. The molecular formula is C15H19BrN4O2. The zero-order valence-electron chi connectivity index (χ0n) is 12.4. The molecule has 0 aliphatic heterocycles. The number of aliphatic hydroxyl groups excluding tert-OH is 1. The highest BCUT2D eigenvalue weighted by Crippen LogP contribution is 2.24. The fourth-order valence-electron chi connectivity index (χ4n) is 1.80. The molecule has 22 heavy (non-hydrogen) atoms. The smallest absolute Gasteiger partial charge is 0.229 e. The Balaban J connectivity index is 2.17. The van der Waals surface area contributed by atoms with Crippen molar-refractivity contribution >= 4 is 33.4 Å². The first-order valence-corrected chi connectivity index (χ1v) is 7.75. The molecule has 0 saturated heterocycles. The standard InChI is InChI=1S/C15H19BrN4O2/c1-9(2)13(8-21)19-14-12(16)7-17-15(20-14)18-10-3-5-11(22)6-4-10/h3-7,9,13,21-22H,8H2,1-2H3,(H2,17,18,19,20)/t13-/m0/s1. The molecule has 1 atom stereocenters. The van der Waals surface area contributed by atoms with Crippen LogP contribution in [0.15, 0.2) is 34.9 Å². The molecule has 0 unspecified atom stereocenters. The van der Waals surface area contributed by atoms with E-state index in [0.29, 0.717) is 11.8 Å². The normalized spacial score (nSPS) is 12.2. The van der Waals surface area contributed by atoms with E-state index >= 15 is 0 Å². The minimum absolute atomic E-state index is 0.0227. The molecule has 0 radical (unpaired) electrons. The fourth-order valence-corrected chi connectivity index (χ4v) is 2.11. The van der Waals surface area contributed by atoms with Gasteiger partial charge in [0.05, 0.1) is 17.1 Å². The number of aromatic nitrogens is 2. The van der Waals surface area contributed by atoms with Gasteiger partial charge in [-0.05, 0) is 46.1 Å². The van der Waals surface area contributed by atoms with Crippen molar-refractivity contribution in [2.24, 2.45) is 5.92 Å². The minimum atomic E-state index is -0.0901.